The van der Waals surface area contributed by atoms with Gasteiger partial charge < -0.3 is 16.2 Å². The number of nitrogens with one attached hydrogen (secondary N) is 1. The molecule has 0 radical (unpaired) electrons. The van der Waals surface area contributed by atoms with Crippen LogP contribution in [0.1, 0.15) is 57.1 Å². The van der Waals surface area contributed by atoms with E-state index in [0.717, 1.165) is 18.4 Å². The third-order valence-corrected chi connectivity index (χ3v) is 4.08. The van der Waals surface area contributed by atoms with Gasteiger partial charge in [-0.25, -0.2) is 0 Å². The number of unbranched alkanes of at least 4 members (excludes halogenated alkanes) is 1. The Morgan fingerprint density at radius 2 is 1.72 bits per heavy atom. The maximum atomic E-state index is 12.2. The highest BCUT2D eigenvalue weighted by Gasteiger charge is 2.15. The molecule has 142 valence electrons. The van der Waals surface area contributed by atoms with Crippen molar-refractivity contribution in [2.24, 2.45) is 11.7 Å². The number of halogens is 1. The number of hydrogen-bond acceptors (Lipinski definition) is 3. The molecule has 0 aliphatic carbocycles. The molecule has 1 rings (SSSR count). The van der Waals surface area contributed by atoms with Gasteiger partial charge in [-0.05, 0) is 49.7 Å². The first-order valence-electron chi connectivity index (χ1n) is 8.66. The van der Waals surface area contributed by atoms with Crippen LogP contribution in [0, 0.1) is 5.92 Å². The van der Waals surface area contributed by atoms with E-state index in [1.807, 2.05) is 19.1 Å². The van der Waals surface area contributed by atoms with Crippen LogP contribution < -0.4 is 11.1 Å². The van der Waals surface area contributed by atoms with Gasteiger partial charge in [-0.1, -0.05) is 38.1 Å². The summed E-state index contributed by atoms with van der Waals surface area (Å²) in [6, 6.07) is 7.41. The minimum atomic E-state index is -0.978. The summed E-state index contributed by atoms with van der Waals surface area (Å²) in [5.74, 6) is -0.562. The zero-order chi connectivity index (χ0) is 18.1. The van der Waals surface area contributed by atoms with Crippen LogP contribution in [-0.2, 0) is 16.0 Å². The number of aliphatic carboxylic acids is 1. The smallest absolute Gasteiger partial charge is 0.320 e. The number of rotatable bonds is 10. The second-order valence-electron chi connectivity index (χ2n) is 6.79. The number of nitrogens with two attached hydrogens (primary N) is 1. The summed E-state index contributed by atoms with van der Waals surface area (Å²) >= 11 is 0. The molecule has 1 aromatic carbocycles. The molecule has 6 heteroatoms. The summed E-state index contributed by atoms with van der Waals surface area (Å²) in [4.78, 5) is 22.8. The monoisotopic (exact) mass is 370 g/mol. The van der Waals surface area contributed by atoms with E-state index in [-0.39, 0.29) is 24.2 Å². The molecule has 0 saturated carbocycles. The van der Waals surface area contributed by atoms with Gasteiger partial charge in [0.1, 0.15) is 6.04 Å². The van der Waals surface area contributed by atoms with Crippen molar-refractivity contribution in [1.29, 1.82) is 0 Å². The lowest BCUT2D eigenvalue weighted by atomic mass is 9.96. The molecule has 0 saturated heterocycles. The van der Waals surface area contributed by atoms with Crippen LogP contribution in [0.5, 0.6) is 0 Å². The molecule has 25 heavy (non-hydrogen) atoms. The third-order valence-electron chi connectivity index (χ3n) is 4.08. The molecule has 4 N–H and O–H groups in total. The Kier molecular flexibility index (Phi) is 11.1. The number of carboxylic acid groups (broad SMARTS) is 1. The van der Waals surface area contributed by atoms with Crippen molar-refractivity contribution in [3.8, 4) is 0 Å². The molecule has 0 aromatic heterocycles. The Balaban J connectivity index is 0.00000576. The number of benzene rings is 1. The van der Waals surface area contributed by atoms with Gasteiger partial charge in [0.15, 0.2) is 0 Å². The molecule has 0 aliphatic rings. The molecular formula is C19H31ClN2O3. The van der Waals surface area contributed by atoms with Crippen LogP contribution in [-0.4, -0.2) is 29.6 Å². The van der Waals surface area contributed by atoms with Gasteiger partial charge >= 0.3 is 5.97 Å². The van der Waals surface area contributed by atoms with Gasteiger partial charge in [-0.15, -0.1) is 12.4 Å². The minimum absolute atomic E-state index is 0. The average Bonchev–Trinajstić information content (AvgIpc) is 2.53. The van der Waals surface area contributed by atoms with E-state index in [0.29, 0.717) is 25.3 Å². The molecule has 2 atom stereocenters. The fourth-order valence-electron chi connectivity index (χ4n) is 2.54. The van der Waals surface area contributed by atoms with Gasteiger partial charge in [-0.2, -0.15) is 0 Å². The maximum absolute atomic E-state index is 12.2. The van der Waals surface area contributed by atoms with E-state index in [1.54, 1.807) is 0 Å². The fourth-order valence-corrected chi connectivity index (χ4v) is 2.54. The van der Waals surface area contributed by atoms with E-state index in [4.69, 9.17) is 10.8 Å². The van der Waals surface area contributed by atoms with Gasteiger partial charge in [-0.3, -0.25) is 9.59 Å². The van der Waals surface area contributed by atoms with E-state index >= 15 is 0 Å². The molecular weight excluding hydrogens is 340 g/mol. The summed E-state index contributed by atoms with van der Waals surface area (Å²) in [7, 11) is 0. The topological polar surface area (TPSA) is 92.4 Å². The molecule has 5 nitrogen and oxygen atoms in total. The van der Waals surface area contributed by atoms with Crippen molar-refractivity contribution in [3.05, 3.63) is 35.4 Å². The fraction of sp³-hybridized carbons (Fsp3) is 0.579. The van der Waals surface area contributed by atoms with Crippen LogP contribution in [0.3, 0.4) is 0 Å². The van der Waals surface area contributed by atoms with Crippen molar-refractivity contribution >= 4 is 24.3 Å². The number of carbonyl (C=O) groups is 2. The molecule has 0 bridgehead atoms. The Morgan fingerprint density at radius 3 is 2.24 bits per heavy atom. The second kappa shape index (κ2) is 11.9. The maximum Gasteiger partial charge on any atom is 0.320 e. The van der Waals surface area contributed by atoms with E-state index in [1.165, 1.54) is 5.56 Å². The predicted octanol–water partition coefficient (Wildman–Crippen LogP) is 3.11. The van der Waals surface area contributed by atoms with Crippen molar-refractivity contribution in [2.45, 2.75) is 58.4 Å². The highest BCUT2D eigenvalue weighted by Crippen LogP contribution is 2.17. The summed E-state index contributed by atoms with van der Waals surface area (Å²) < 4.78 is 0. The SMILES string of the molecule is CC(C)Cc1ccc(C(C)C(=O)NCCCCC(N)C(=O)O)cc1.Cl. The standard InChI is InChI=1S/C19H30N2O3.ClH/c1-13(2)12-15-7-9-16(10-8-15)14(3)18(22)21-11-5-4-6-17(20)19(23)24;/h7-10,13-14,17H,4-6,11-12,20H2,1-3H3,(H,21,22)(H,23,24);1H. The summed E-state index contributed by atoms with van der Waals surface area (Å²) in [6.07, 6.45) is 2.89. The van der Waals surface area contributed by atoms with Crippen LogP contribution in [0.15, 0.2) is 24.3 Å². The molecule has 0 aliphatic heterocycles. The zero-order valence-electron chi connectivity index (χ0n) is 15.3. The van der Waals surface area contributed by atoms with E-state index < -0.39 is 12.0 Å². The zero-order valence-corrected chi connectivity index (χ0v) is 16.1. The first-order chi connectivity index (χ1) is 11.3. The molecule has 1 aromatic rings. The number of hydrogen-bond donors (Lipinski definition) is 3. The highest BCUT2D eigenvalue weighted by molar-refractivity contribution is 5.85. The van der Waals surface area contributed by atoms with Crippen molar-refractivity contribution in [3.63, 3.8) is 0 Å². The van der Waals surface area contributed by atoms with E-state index in [9.17, 15) is 9.59 Å². The lowest BCUT2D eigenvalue weighted by molar-refractivity contribution is -0.138. The number of carboxylic acids is 1. The summed E-state index contributed by atoms with van der Waals surface area (Å²) in [6.45, 7) is 6.81. The Morgan fingerprint density at radius 1 is 1.12 bits per heavy atom. The molecule has 1 amide bonds. The quantitative estimate of drug-likeness (QED) is 0.552. The van der Waals surface area contributed by atoms with Crippen molar-refractivity contribution in [1.82, 2.24) is 5.32 Å². The number of amides is 1. The van der Waals surface area contributed by atoms with Gasteiger partial charge in [0, 0.05) is 6.54 Å². The van der Waals surface area contributed by atoms with Gasteiger partial charge in [0.25, 0.3) is 0 Å². The van der Waals surface area contributed by atoms with Crippen LogP contribution in [0.25, 0.3) is 0 Å². The third kappa shape index (κ3) is 8.89. The highest BCUT2D eigenvalue weighted by atomic mass is 35.5. The minimum Gasteiger partial charge on any atom is -0.480 e. The normalized spacial score (nSPS) is 13.0. The van der Waals surface area contributed by atoms with E-state index in [2.05, 4.69) is 31.3 Å². The lowest BCUT2D eigenvalue weighted by Crippen LogP contribution is -2.31. The Hall–Kier alpha value is -1.59. The molecule has 2 unspecified atom stereocenters. The Bertz CT molecular complexity index is 532. The van der Waals surface area contributed by atoms with Crippen LogP contribution in [0.4, 0.5) is 0 Å². The first-order valence-corrected chi connectivity index (χ1v) is 8.66. The van der Waals surface area contributed by atoms with Crippen molar-refractivity contribution in [2.75, 3.05) is 6.54 Å². The first kappa shape index (κ1) is 23.4. The van der Waals surface area contributed by atoms with Crippen molar-refractivity contribution < 1.29 is 14.7 Å². The van der Waals surface area contributed by atoms with Gasteiger partial charge in [0.05, 0.1) is 5.92 Å². The summed E-state index contributed by atoms with van der Waals surface area (Å²) in [5.41, 5.74) is 7.73. The summed E-state index contributed by atoms with van der Waals surface area (Å²) in [5, 5.41) is 11.6. The largest absolute Gasteiger partial charge is 0.480 e. The predicted molar refractivity (Wildman–Crippen MR) is 103 cm³/mol. The number of carbonyl (C=O) groups excluding carboxylic acids is 1. The van der Waals surface area contributed by atoms with Gasteiger partial charge in [0.2, 0.25) is 5.91 Å². The Labute approximate surface area is 156 Å². The average molecular weight is 371 g/mol. The van der Waals surface area contributed by atoms with Crippen LogP contribution >= 0.6 is 12.4 Å². The molecule has 0 heterocycles. The second-order valence-corrected chi connectivity index (χ2v) is 6.79. The van der Waals surface area contributed by atoms with Crippen LogP contribution in [0.2, 0.25) is 0 Å². The molecule has 0 spiro atoms. The molecule has 0 fully saturated rings. The lowest BCUT2D eigenvalue weighted by Gasteiger charge is -2.14.